The molecule has 0 N–H and O–H groups in total. The van der Waals surface area contributed by atoms with Crippen molar-refractivity contribution in [2.75, 3.05) is 42.2 Å². The first-order valence-corrected chi connectivity index (χ1v) is 9.58. The second-order valence-corrected chi connectivity index (χ2v) is 6.71. The van der Waals surface area contributed by atoms with Crippen molar-refractivity contribution in [1.82, 2.24) is 14.8 Å². The summed E-state index contributed by atoms with van der Waals surface area (Å²) in [6.45, 7) is 4.13. The van der Waals surface area contributed by atoms with E-state index < -0.39 is 0 Å². The molecule has 1 saturated heterocycles. The van der Waals surface area contributed by atoms with Gasteiger partial charge in [-0.3, -0.25) is 4.57 Å². The molecule has 2 heterocycles. The van der Waals surface area contributed by atoms with Gasteiger partial charge in [0.15, 0.2) is 5.16 Å². The maximum absolute atomic E-state index is 4.12. The number of anilines is 2. The van der Waals surface area contributed by atoms with Gasteiger partial charge in [-0.05, 0) is 48.7 Å². The molecule has 6 heteroatoms. The fourth-order valence-corrected chi connectivity index (χ4v) is 3.65. The zero-order valence-corrected chi connectivity index (χ0v) is 15.0. The molecular weight excluding hydrogens is 330 g/mol. The lowest BCUT2D eigenvalue weighted by atomic mass is 10.2. The van der Waals surface area contributed by atoms with Crippen molar-refractivity contribution in [1.29, 1.82) is 0 Å². The summed E-state index contributed by atoms with van der Waals surface area (Å²) in [5.74, 6) is 0. The van der Waals surface area contributed by atoms with Gasteiger partial charge in [-0.2, -0.15) is 0 Å². The standard InChI is InChI=1S/C19H20N5S/c1-25-19-21-20-15-24(19)18-9-7-17(8-10-18)23-13-11-22(12-14-23)16-5-3-2-4-6-16/h3-10,15H,11-14H2,1H3. The van der Waals surface area contributed by atoms with Crippen LogP contribution >= 0.6 is 11.8 Å². The molecule has 0 unspecified atom stereocenters. The topological polar surface area (TPSA) is 37.2 Å². The van der Waals surface area contributed by atoms with Crippen LogP contribution in [-0.2, 0) is 0 Å². The van der Waals surface area contributed by atoms with Crippen LogP contribution in [0.25, 0.3) is 5.69 Å². The second kappa shape index (κ2) is 7.19. The number of benzene rings is 2. The molecule has 1 aromatic heterocycles. The van der Waals surface area contributed by atoms with Crippen molar-refractivity contribution in [3.05, 3.63) is 60.9 Å². The number of piperazine rings is 1. The Hall–Kier alpha value is -2.47. The molecule has 0 bridgehead atoms. The normalized spacial score (nSPS) is 14.8. The molecule has 1 fully saturated rings. The summed E-state index contributed by atoms with van der Waals surface area (Å²) in [7, 11) is 0. The van der Waals surface area contributed by atoms with E-state index in [0.29, 0.717) is 0 Å². The Bertz CT molecular complexity index is 807. The summed E-state index contributed by atoms with van der Waals surface area (Å²) < 4.78 is 2.01. The minimum Gasteiger partial charge on any atom is -0.368 e. The molecule has 0 spiro atoms. The van der Waals surface area contributed by atoms with E-state index in [9.17, 15) is 0 Å². The monoisotopic (exact) mass is 350 g/mol. The van der Waals surface area contributed by atoms with Gasteiger partial charge in [0.2, 0.25) is 0 Å². The average molecular weight is 350 g/mol. The van der Waals surface area contributed by atoms with Gasteiger partial charge < -0.3 is 9.80 Å². The highest BCUT2D eigenvalue weighted by atomic mass is 32.2. The third-order valence-electron chi connectivity index (χ3n) is 4.54. The quantitative estimate of drug-likeness (QED) is 0.676. The van der Waals surface area contributed by atoms with Crippen LogP contribution in [0, 0.1) is 6.07 Å². The van der Waals surface area contributed by atoms with E-state index >= 15 is 0 Å². The van der Waals surface area contributed by atoms with Gasteiger partial charge in [0.25, 0.3) is 0 Å². The summed E-state index contributed by atoms with van der Waals surface area (Å²) in [5, 5.41) is 9.02. The first kappa shape index (κ1) is 16.0. The highest BCUT2D eigenvalue weighted by Gasteiger charge is 2.17. The van der Waals surface area contributed by atoms with Crippen molar-refractivity contribution in [2.45, 2.75) is 5.16 Å². The molecule has 1 radical (unpaired) electrons. The predicted molar refractivity (Wildman–Crippen MR) is 103 cm³/mol. The highest BCUT2D eigenvalue weighted by molar-refractivity contribution is 7.98. The van der Waals surface area contributed by atoms with Gasteiger partial charge in [0.05, 0.1) is 0 Å². The number of aromatic nitrogens is 3. The summed E-state index contributed by atoms with van der Waals surface area (Å²) in [5.41, 5.74) is 3.65. The molecule has 4 rings (SSSR count). The third-order valence-corrected chi connectivity index (χ3v) is 5.18. The van der Waals surface area contributed by atoms with E-state index in [2.05, 4.69) is 62.5 Å². The fraction of sp³-hybridized carbons (Fsp3) is 0.263. The molecule has 0 atom stereocenters. The molecule has 127 valence electrons. The smallest absolute Gasteiger partial charge is 0.195 e. The van der Waals surface area contributed by atoms with E-state index in [4.69, 9.17) is 0 Å². The van der Waals surface area contributed by atoms with Crippen molar-refractivity contribution in [3.63, 3.8) is 0 Å². The van der Waals surface area contributed by atoms with Gasteiger partial charge in [-0.25, -0.2) is 0 Å². The average Bonchev–Trinajstić information content (AvgIpc) is 3.18. The zero-order valence-electron chi connectivity index (χ0n) is 14.2. The second-order valence-electron chi connectivity index (χ2n) is 5.94. The minimum absolute atomic E-state index is 0.904. The molecule has 25 heavy (non-hydrogen) atoms. The molecule has 3 aromatic rings. The largest absolute Gasteiger partial charge is 0.368 e. The van der Waals surface area contributed by atoms with Crippen LogP contribution in [0.1, 0.15) is 0 Å². The van der Waals surface area contributed by atoms with Crippen LogP contribution in [0.4, 0.5) is 11.4 Å². The van der Waals surface area contributed by atoms with Crippen molar-refractivity contribution in [3.8, 4) is 5.69 Å². The molecule has 2 aromatic carbocycles. The Morgan fingerprint density at radius 1 is 0.840 bits per heavy atom. The maximum atomic E-state index is 4.12. The number of rotatable bonds is 4. The Kier molecular flexibility index (Phi) is 4.61. The van der Waals surface area contributed by atoms with Crippen LogP contribution < -0.4 is 9.80 Å². The van der Waals surface area contributed by atoms with E-state index in [1.54, 1.807) is 18.1 Å². The number of thioether (sulfide) groups is 1. The summed E-state index contributed by atoms with van der Waals surface area (Å²) in [6.07, 6.45) is 3.77. The third kappa shape index (κ3) is 3.35. The van der Waals surface area contributed by atoms with Crippen LogP contribution in [0.3, 0.4) is 0 Å². The molecule has 0 saturated carbocycles. The summed E-state index contributed by atoms with van der Waals surface area (Å²) >= 11 is 1.60. The minimum atomic E-state index is 0.904. The molecule has 1 aliphatic heterocycles. The van der Waals surface area contributed by atoms with Gasteiger partial charge in [-0.1, -0.05) is 23.9 Å². The first-order valence-electron chi connectivity index (χ1n) is 8.35. The molecule has 0 aliphatic carbocycles. The van der Waals surface area contributed by atoms with Gasteiger partial charge in [0.1, 0.15) is 6.33 Å². The summed E-state index contributed by atoms with van der Waals surface area (Å²) in [4.78, 5) is 4.87. The lowest BCUT2D eigenvalue weighted by Gasteiger charge is -2.37. The van der Waals surface area contributed by atoms with Crippen molar-refractivity contribution >= 4 is 23.1 Å². The predicted octanol–water partition coefficient (Wildman–Crippen LogP) is 3.12. The van der Waals surface area contributed by atoms with Gasteiger partial charge in [-0.15, -0.1) is 10.2 Å². The van der Waals surface area contributed by atoms with Crippen molar-refractivity contribution < 1.29 is 0 Å². The number of nitrogens with zero attached hydrogens (tertiary/aromatic N) is 5. The van der Waals surface area contributed by atoms with Crippen LogP contribution in [0.2, 0.25) is 0 Å². The SMILES string of the molecule is CSc1nncn1-c1ccc(N2CCN(c3cc[c]cc3)CC2)cc1. The Labute approximate surface area is 152 Å². The number of hydrogen-bond acceptors (Lipinski definition) is 5. The molecular formula is C19H20N5S. The number of hydrogen-bond donors (Lipinski definition) is 0. The van der Waals surface area contributed by atoms with E-state index in [-0.39, 0.29) is 0 Å². The molecule has 0 amide bonds. The molecule has 1 aliphatic rings. The van der Waals surface area contributed by atoms with E-state index in [1.165, 1.54) is 11.4 Å². The summed E-state index contributed by atoms with van der Waals surface area (Å²) in [6, 6.07) is 20.0. The highest BCUT2D eigenvalue weighted by Crippen LogP contribution is 2.23. The Morgan fingerprint density at radius 2 is 1.40 bits per heavy atom. The Morgan fingerprint density at radius 3 is 2.00 bits per heavy atom. The first-order chi connectivity index (χ1) is 12.3. The van der Waals surface area contributed by atoms with Crippen LogP contribution in [0.5, 0.6) is 0 Å². The zero-order chi connectivity index (χ0) is 17.1. The lowest BCUT2D eigenvalue weighted by Crippen LogP contribution is -2.46. The molecule has 5 nitrogen and oxygen atoms in total. The van der Waals surface area contributed by atoms with E-state index in [1.807, 2.05) is 23.0 Å². The van der Waals surface area contributed by atoms with Crippen LogP contribution in [-0.4, -0.2) is 47.2 Å². The fourth-order valence-electron chi connectivity index (χ4n) is 3.18. The van der Waals surface area contributed by atoms with Crippen molar-refractivity contribution in [2.24, 2.45) is 0 Å². The van der Waals surface area contributed by atoms with E-state index in [0.717, 1.165) is 37.0 Å². The van der Waals surface area contributed by atoms with Gasteiger partial charge in [0, 0.05) is 43.2 Å². The van der Waals surface area contributed by atoms with Crippen LogP contribution in [0.15, 0.2) is 60.0 Å². The maximum Gasteiger partial charge on any atom is 0.195 e. The Balaban J connectivity index is 1.43. The van der Waals surface area contributed by atoms with Gasteiger partial charge >= 0.3 is 0 Å². The lowest BCUT2D eigenvalue weighted by molar-refractivity contribution is 0.653.